The normalized spacial score (nSPS) is 14.1. The van der Waals surface area contributed by atoms with E-state index in [4.69, 9.17) is 4.74 Å². The van der Waals surface area contributed by atoms with E-state index < -0.39 is 14.9 Å². The highest BCUT2D eigenvalue weighted by Gasteiger charge is 2.24. The minimum atomic E-state index is -4.21. The Morgan fingerprint density at radius 2 is 1.75 bits per heavy atom. The van der Waals surface area contributed by atoms with Crippen molar-refractivity contribution in [3.05, 3.63) is 88.0 Å². The number of fused-ring (bicyclic) bond motifs is 1. The number of aryl methyl sites for hydroxylation is 1. The number of hydrogen-bond acceptors (Lipinski definition) is 7. The zero-order valence-corrected chi connectivity index (χ0v) is 17.9. The molecule has 0 aliphatic heterocycles. The highest BCUT2D eigenvalue weighted by atomic mass is 32.2. The Labute approximate surface area is 184 Å². The summed E-state index contributed by atoms with van der Waals surface area (Å²) < 4.78 is 34.0. The Hall–Kier alpha value is -3.92. The van der Waals surface area contributed by atoms with Crippen molar-refractivity contribution in [3.8, 4) is 5.75 Å². The third-order valence-corrected chi connectivity index (χ3v) is 6.49. The van der Waals surface area contributed by atoms with Crippen LogP contribution in [0.2, 0.25) is 0 Å². The number of nitro groups is 1. The molecule has 3 aromatic carbocycles. The number of nitrogens with zero attached hydrogens (tertiary/aromatic N) is 2. The number of ether oxygens (including phenoxy) is 1. The van der Waals surface area contributed by atoms with E-state index in [1.165, 1.54) is 30.9 Å². The molecular formula is C22H20N4O5S. The molecule has 0 atom stereocenters. The van der Waals surface area contributed by atoms with Crippen molar-refractivity contribution >= 4 is 32.8 Å². The molecule has 0 bridgehead atoms. The van der Waals surface area contributed by atoms with Gasteiger partial charge in [-0.2, -0.15) is 5.10 Å². The Kier molecular flexibility index (Phi) is 5.78. The number of para-hydroxylation sites is 2. The Balaban J connectivity index is 1.71. The van der Waals surface area contributed by atoms with Gasteiger partial charge in [-0.15, -0.1) is 0 Å². The van der Waals surface area contributed by atoms with Crippen molar-refractivity contribution < 1.29 is 18.1 Å². The lowest BCUT2D eigenvalue weighted by Crippen LogP contribution is -2.16. The molecule has 0 radical (unpaired) electrons. The summed E-state index contributed by atoms with van der Waals surface area (Å²) in [5, 5.41) is 15.7. The van der Waals surface area contributed by atoms with Crippen molar-refractivity contribution in [1.82, 2.24) is 0 Å². The molecule has 3 aromatic rings. The van der Waals surface area contributed by atoms with E-state index >= 15 is 0 Å². The molecule has 32 heavy (non-hydrogen) atoms. The van der Waals surface area contributed by atoms with Crippen LogP contribution in [0.4, 0.5) is 17.1 Å². The van der Waals surface area contributed by atoms with Gasteiger partial charge >= 0.3 is 0 Å². The lowest BCUT2D eigenvalue weighted by atomic mass is 10.1. The van der Waals surface area contributed by atoms with Gasteiger partial charge in [0.25, 0.3) is 15.7 Å². The quantitative estimate of drug-likeness (QED) is 0.410. The van der Waals surface area contributed by atoms with Crippen LogP contribution in [-0.2, 0) is 16.4 Å². The molecule has 1 aliphatic rings. The second-order valence-corrected chi connectivity index (χ2v) is 8.72. The van der Waals surface area contributed by atoms with Crippen LogP contribution in [0.5, 0.6) is 5.75 Å². The van der Waals surface area contributed by atoms with Gasteiger partial charge in [-0.3, -0.25) is 20.3 Å². The van der Waals surface area contributed by atoms with Crippen LogP contribution in [-0.4, -0.2) is 26.2 Å². The molecule has 0 fully saturated rings. The molecular weight excluding hydrogens is 432 g/mol. The number of non-ortho nitro benzene ring substituents is 1. The van der Waals surface area contributed by atoms with E-state index in [9.17, 15) is 18.5 Å². The fraction of sp³-hybridized carbons (Fsp3) is 0.136. The zero-order valence-electron chi connectivity index (χ0n) is 17.1. The molecule has 2 N–H and O–H groups in total. The monoisotopic (exact) mass is 452 g/mol. The number of hydrazone groups is 1. The van der Waals surface area contributed by atoms with Gasteiger partial charge in [0.05, 0.1) is 29.1 Å². The minimum Gasteiger partial charge on any atom is -0.495 e. The van der Waals surface area contributed by atoms with E-state index in [0.29, 0.717) is 12.2 Å². The SMILES string of the molecule is COc1ccccc1NS(=O)(=O)c1cc([N+](=O)[O-])ccc1NN=C1CCc2ccccc21. The first kappa shape index (κ1) is 21.3. The summed E-state index contributed by atoms with van der Waals surface area (Å²) in [6, 6.07) is 17.9. The molecule has 0 heterocycles. The van der Waals surface area contributed by atoms with Crippen LogP contribution < -0.4 is 14.9 Å². The fourth-order valence-corrected chi connectivity index (χ4v) is 4.77. The summed E-state index contributed by atoms with van der Waals surface area (Å²) in [7, 11) is -2.79. The molecule has 9 nitrogen and oxygen atoms in total. The van der Waals surface area contributed by atoms with Crippen molar-refractivity contribution in [2.24, 2.45) is 5.10 Å². The van der Waals surface area contributed by atoms with Crippen LogP contribution in [0, 0.1) is 10.1 Å². The summed E-state index contributed by atoms with van der Waals surface area (Å²) in [6.07, 6.45) is 1.55. The van der Waals surface area contributed by atoms with E-state index in [0.717, 1.165) is 23.8 Å². The average molecular weight is 452 g/mol. The standard InChI is InChI=1S/C22H20N4O5S/c1-31-21-9-5-4-8-19(21)25-32(29,30)22-14-16(26(27)28)11-13-20(22)24-23-18-12-10-15-6-2-3-7-17(15)18/h2-9,11,13-14,24-25H,10,12H2,1H3. The van der Waals surface area contributed by atoms with E-state index in [1.54, 1.807) is 18.2 Å². The van der Waals surface area contributed by atoms with Gasteiger partial charge in [0, 0.05) is 17.7 Å². The number of nitrogens with one attached hydrogen (secondary N) is 2. The number of sulfonamides is 1. The second-order valence-electron chi connectivity index (χ2n) is 7.07. The highest BCUT2D eigenvalue weighted by Crippen LogP contribution is 2.31. The Morgan fingerprint density at radius 1 is 1.00 bits per heavy atom. The number of anilines is 2. The number of nitro benzene ring substituents is 1. The Bertz CT molecular complexity index is 1320. The predicted molar refractivity (Wildman–Crippen MR) is 122 cm³/mol. The highest BCUT2D eigenvalue weighted by molar-refractivity contribution is 7.93. The van der Waals surface area contributed by atoms with Crippen LogP contribution in [0.1, 0.15) is 17.5 Å². The third kappa shape index (κ3) is 4.26. The first-order chi connectivity index (χ1) is 15.4. The Morgan fingerprint density at radius 3 is 2.53 bits per heavy atom. The van der Waals surface area contributed by atoms with Gasteiger partial charge in [0.15, 0.2) is 0 Å². The maximum absolute atomic E-state index is 13.2. The lowest BCUT2D eigenvalue weighted by Gasteiger charge is -2.14. The van der Waals surface area contributed by atoms with E-state index in [1.807, 2.05) is 24.3 Å². The topological polar surface area (TPSA) is 123 Å². The molecule has 0 saturated heterocycles. The fourth-order valence-electron chi connectivity index (χ4n) is 3.52. The molecule has 0 spiro atoms. The molecule has 4 rings (SSSR count). The van der Waals surface area contributed by atoms with Gasteiger partial charge in [0.2, 0.25) is 0 Å². The predicted octanol–water partition coefficient (Wildman–Crippen LogP) is 4.17. The molecule has 0 saturated carbocycles. The van der Waals surface area contributed by atoms with Crippen LogP contribution in [0.25, 0.3) is 0 Å². The summed E-state index contributed by atoms with van der Waals surface area (Å²) in [5.41, 5.74) is 5.74. The smallest absolute Gasteiger partial charge is 0.270 e. The van der Waals surface area contributed by atoms with Crippen molar-refractivity contribution in [2.45, 2.75) is 17.7 Å². The third-order valence-electron chi connectivity index (χ3n) is 5.09. The van der Waals surface area contributed by atoms with Crippen molar-refractivity contribution in [1.29, 1.82) is 0 Å². The first-order valence-electron chi connectivity index (χ1n) is 9.74. The minimum absolute atomic E-state index is 0.120. The summed E-state index contributed by atoms with van der Waals surface area (Å²) in [6.45, 7) is 0. The number of rotatable bonds is 7. The molecule has 164 valence electrons. The molecule has 10 heteroatoms. The van der Waals surface area contributed by atoms with Crippen molar-refractivity contribution in [2.75, 3.05) is 17.3 Å². The lowest BCUT2D eigenvalue weighted by molar-refractivity contribution is -0.385. The number of methoxy groups -OCH3 is 1. The molecule has 0 unspecified atom stereocenters. The molecule has 1 aliphatic carbocycles. The summed E-state index contributed by atoms with van der Waals surface area (Å²) >= 11 is 0. The second kappa shape index (κ2) is 8.67. The number of benzene rings is 3. The molecule has 0 aromatic heterocycles. The maximum Gasteiger partial charge on any atom is 0.270 e. The molecule has 0 amide bonds. The van der Waals surface area contributed by atoms with E-state index in [2.05, 4.69) is 15.2 Å². The summed E-state index contributed by atoms with van der Waals surface area (Å²) in [5.74, 6) is 0.318. The van der Waals surface area contributed by atoms with Gasteiger partial charge in [-0.05, 0) is 36.6 Å². The van der Waals surface area contributed by atoms with Gasteiger partial charge in [-0.1, -0.05) is 36.4 Å². The zero-order chi connectivity index (χ0) is 22.7. The van der Waals surface area contributed by atoms with E-state index in [-0.39, 0.29) is 22.0 Å². The van der Waals surface area contributed by atoms with Crippen LogP contribution in [0.3, 0.4) is 0 Å². The summed E-state index contributed by atoms with van der Waals surface area (Å²) in [4.78, 5) is 10.3. The van der Waals surface area contributed by atoms with Crippen molar-refractivity contribution in [3.63, 3.8) is 0 Å². The average Bonchev–Trinajstić information content (AvgIpc) is 3.20. The van der Waals surface area contributed by atoms with Gasteiger partial charge < -0.3 is 4.74 Å². The van der Waals surface area contributed by atoms with Gasteiger partial charge in [0.1, 0.15) is 10.6 Å². The van der Waals surface area contributed by atoms with Gasteiger partial charge in [-0.25, -0.2) is 8.42 Å². The number of hydrogen-bond donors (Lipinski definition) is 2. The maximum atomic E-state index is 13.2. The largest absolute Gasteiger partial charge is 0.495 e. The van der Waals surface area contributed by atoms with Crippen LogP contribution >= 0.6 is 0 Å². The first-order valence-corrected chi connectivity index (χ1v) is 11.2. The van der Waals surface area contributed by atoms with Crippen LogP contribution in [0.15, 0.2) is 76.7 Å².